The third kappa shape index (κ3) is 3.47. The maximum absolute atomic E-state index is 11.7. The maximum Gasteiger partial charge on any atom is 0.319 e. The lowest BCUT2D eigenvalue weighted by molar-refractivity contribution is 0.133. The number of hydrogen-bond acceptors (Lipinski definition) is 2. The van der Waals surface area contributed by atoms with Gasteiger partial charge in [-0.15, -0.1) is 0 Å². The molecule has 4 nitrogen and oxygen atoms in total. The van der Waals surface area contributed by atoms with Gasteiger partial charge in [-0.2, -0.15) is 0 Å². The summed E-state index contributed by atoms with van der Waals surface area (Å²) in [6.07, 6.45) is 2.63. The summed E-state index contributed by atoms with van der Waals surface area (Å²) < 4.78 is 0. The van der Waals surface area contributed by atoms with E-state index in [0.717, 1.165) is 30.5 Å². The Morgan fingerprint density at radius 1 is 1.33 bits per heavy atom. The van der Waals surface area contributed by atoms with E-state index >= 15 is 0 Å². The quantitative estimate of drug-likeness (QED) is 0.768. The molecule has 0 radical (unpaired) electrons. The summed E-state index contributed by atoms with van der Waals surface area (Å²) in [4.78, 5) is 11.7. The third-order valence-corrected chi connectivity index (χ3v) is 3.45. The number of hydrogen-bond donors (Lipinski definition) is 3. The second-order valence-electron chi connectivity index (χ2n) is 4.96. The van der Waals surface area contributed by atoms with Crippen molar-refractivity contribution in [3.05, 3.63) is 29.8 Å². The highest BCUT2D eigenvalue weighted by Gasteiger charge is 2.25. The van der Waals surface area contributed by atoms with Crippen LogP contribution in [0.4, 0.5) is 10.5 Å². The summed E-state index contributed by atoms with van der Waals surface area (Å²) in [6.45, 7) is 2.55. The number of anilines is 1. The van der Waals surface area contributed by atoms with Crippen LogP contribution in [0.2, 0.25) is 0 Å². The van der Waals surface area contributed by atoms with Gasteiger partial charge in [0.05, 0.1) is 6.10 Å². The highest BCUT2D eigenvalue weighted by molar-refractivity contribution is 5.89. The van der Waals surface area contributed by atoms with E-state index in [4.69, 9.17) is 0 Å². The topological polar surface area (TPSA) is 61.4 Å². The van der Waals surface area contributed by atoms with E-state index in [0.29, 0.717) is 6.54 Å². The van der Waals surface area contributed by atoms with Crippen LogP contribution in [0.5, 0.6) is 0 Å². The highest BCUT2D eigenvalue weighted by atomic mass is 16.3. The molecule has 0 aromatic heterocycles. The fourth-order valence-corrected chi connectivity index (χ4v) is 2.29. The molecule has 2 amide bonds. The molecule has 0 aliphatic heterocycles. The number of nitrogens with one attached hydrogen (secondary N) is 2. The molecule has 2 atom stereocenters. The minimum atomic E-state index is -0.260. The summed E-state index contributed by atoms with van der Waals surface area (Å²) in [5.41, 5.74) is 1.94. The zero-order chi connectivity index (χ0) is 13.0. The molecule has 1 aromatic rings. The van der Waals surface area contributed by atoms with E-state index in [1.165, 1.54) is 0 Å². The van der Waals surface area contributed by atoms with E-state index in [2.05, 4.69) is 10.6 Å². The molecule has 1 aromatic carbocycles. The molecule has 0 spiro atoms. The molecule has 0 heterocycles. The van der Waals surface area contributed by atoms with Gasteiger partial charge in [-0.25, -0.2) is 4.79 Å². The molecule has 4 heteroatoms. The Morgan fingerprint density at radius 2 is 2.06 bits per heavy atom. The van der Waals surface area contributed by atoms with Crippen molar-refractivity contribution in [2.24, 2.45) is 5.92 Å². The summed E-state index contributed by atoms with van der Waals surface area (Å²) in [5.74, 6) is 0.203. The monoisotopic (exact) mass is 248 g/mol. The standard InChI is InChI=1S/C14H20N2O2/c1-10-5-7-12(8-6-10)16-14(18)15-9-11-3-2-4-13(11)17/h5-8,11,13,17H,2-4,9H2,1H3,(H2,15,16,18). The normalized spacial score (nSPS) is 22.8. The number of urea groups is 1. The maximum atomic E-state index is 11.7. The number of aryl methyl sites for hydroxylation is 1. The molecular formula is C14H20N2O2. The van der Waals surface area contributed by atoms with Crippen LogP contribution in [0.1, 0.15) is 24.8 Å². The van der Waals surface area contributed by atoms with Gasteiger partial charge in [0.25, 0.3) is 0 Å². The second-order valence-corrected chi connectivity index (χ2v) is 4.96. The molecule has 3 N–H and O–H groups in total. The second kappa shape index (κ2) is 5.87. The molecule has 1 aliphatic rings. The molecule has 0 saturated heterocycles. The van der Waals surface area contributed by atoms with E-state index in [1.807, 2.05) is 31.2 Å². The first-order valence-corrected chi connectivity index (χ1v) is 6.45. The van der Waals surface area contributed by atoms with Crippen LogP contribution in [0.25, 0.3) is 0 Å². The average molecular weight is 248 g/mol. The summed E-state index contributed by atoms with van der Waals surface area (Å²) in [7, 11) is 0. The van der Waals surface area contributed by atoms with Crippen LogP contribution in [0.3, 0.4) is 0 Å². The van der Waals surface area contributed by atoms with Crippen molar-refractivity contribution in [2.45, 2.75) is 32.3 Å². The Hall–Kier alpha value is -1.55. The Balaban J connectivity index is 1.76. The molecule has 1 aliphatic carbocycles. The Bertz CT molecular complexity index is 403. The fraction of sp³-hybridized carbons (Fsp3) is 0.500. The molecule has 1 fully saturated rings. The third-order valence-electron chi connectivity index (χ3n) is 3.45. The fourth-order valence-electron chi connectivity index (χ4n) is 2.29. The first-order valence-electron chi connectivity index (χ1n) is 6.45. The van der Waals surface area contributed by atoms with Crippen LogP contribution in [-0.2, 0) is 0 Å². The summed E-state index contributed by atoms with van der Waals surface area (Å²) >= 11 is 0. The number of carbonyl (C=O) groups excluding carboxylic acids is 1. The number of amides is 2. The van der Waals surface area contributed by atoms with Gasteiger partial charge in [0, 0.05) is 18.2 Å². The van der Waals surface area contributed by atoms with Gasteiger partial charge in [0.15, 0.2) is 0 Å². The van der Waals surface area contributed by atoms with Gasteiger partial charge < -0.3 is 15.7 Å². The van der Waals surface area contributed by atoms with Gasteiger partial charge in [-0.1, -0.05) is 24.1 Å². The number of carbonyl (C=O) groups is 1. The minimum Gasteiger partial charge on any atom is -0.393 e. The van der Waals surface area contributed by atoms with E-state index in [-0.39, 0.29) is 18.1 Å². The molecule has 2 rings (SSSR count). The van der Waals surface area contributed by atoms with Gasteiger partial charge in [0.2, 0.25) is 0 Å². The number of aliphatic hydroxyl groups is 1. The predicted molar refractivity (Wildman–Crippen MR) is 71.5 cm³/mol. The van der Waals surface area contributed by atoms with Gasteiger partial charge in [0.1, 0.15) is 0 Å². The number of rotatable bonds is 3. The Labute approximate surface area is 107 Å². The Kier molecular flexibility index (Phi) is 4.20. The van der Waals surface area contributed by atoms with E-state index in [9.17, 15) is 9.90 Å². The van der Waals surface area contributed by atoms with Crippen molar-refractivity contribution in [1.82, 2.24) is 5.32 Å². The van der Waals surface area contributed by atoms with Crippen molar-refractivity contribution in [3.63, 3.8) is 0 Å². The number of benzene rings is 1. The zero-order valence-electron chi connectivity index (χ0n) is 10.6. The number of aliphatic hydroxyl groups excluding tert-OH is 1. The minimum absolute atomic E-state index is 0.203. The van der Waals surface area contributed by atoms with Crippen LogP contribution in [0, 0.1) is 12.8 Å². The smallest absolute Gasteiger partial charge is 0.319 e. The van der Waals surface area contributed by atoms with Crippen LogP contribution in [-0.4, -0.2) is 23.8 Å². The van der Waals surface area contributed by atoms with Crippen molar-refractivity contribution in [2.75, 3.05) is 11.9 Å². The molecule has 18 heavy (non-hydrogen) atoms. The lowest BCUT2D eigenvalue weighted by atomic mass is 10.1. The van der Waals surface area contributed by atoms with E-state index < -0.39 is 0 Å². The molecule has 98 valence electrons. The molecule has 0 bridgehead atoms. The SMILES string of the molecule is Cc1ccc(NC(=O)NCC2CCCC2O)cc1. The highest BCUT2D eigenvalue weighted by Crippen LogP contribution is 2.24. The van der Waals surface area contributed by atoms with Crippen LogP contribution >= 0.6 is 0 Å². The van der Waals surface area contributed by atoms with Crippen LogP contribution < -0.4 is 10.6 Å². The van der Waals surface area contributed by atoms with Gasteiger partial charge in [-0.3, -0.25) is 0 Å². The lowest BCUT2D eigenvalue weighted by Crippen LogP contribution is -2.35. The van der Waals surface area contributed by atoms with Crippen molar-refractivity contribution >= 4 is 11.7 Å². The first kappa shape index (κ1) is 12.9. The molecular weight excluding hydrogens is 228 g/mol. The first-order chi connectivity index (χ1) is 8.65. The Morgan fingerprint density at radius 3 is 2.67 bits per heavy atom. The lowest BCUT2D eigenvalue weighted by Gasteiger charge is -2.15. The molecule has 2 unspecified atom stereocenters. The van der Waals surface area contributed by atoms with Crippen molar-refractivity contribution in [3.8, 4) is 0 Å². The van der Waals surface area contributed by atoms with Gasteiger partial charge >= 0.3 is 6.03 Å². The van der Waals surface area contributed by atoms with E-state index in [1.54, 1.807) is 0 Å². The zero-order valence-corrected chi connectivity index (χ0v) is 10.6. The van der Waals surface area contributed by atoms with Crippen molar-refractivity contribution < 1.29 is 9.90 Å². The van der Waals surface area contributed by atoms with Gasteiger partial charge in [-0.05, 0) is 31.9 Å². The van der Waals surface area contributed by atoms with Crippen molar-refractivity contribution in [1.29, 1.82) is 0 Å². The predicted octanol–water partition coefficient (Wildman–Crippen LogP) is 2.28. The average Bonchev–Trinajstić information content (AvgIpc) is 2.75. The van der Waals surface area contributed by atoms with Crippen LogP contribution in [0.15, 0.2) is 24.3 Å². The molecule has 1 saturated carbocycles. The summed E-state index contributed by atoms with van der Waals surface area (Å²) in [6, 6.07) is 7.45. The largest absolute Gasteiger partial charge is 0.393 e. The summed E-state index contributed by atoms with van der Waals surface area (Å²) in [5, 5.41) is 15.2.